The molecule has 21 heavy (non-hydrogen) atoms. The molecule has 1 aliphatic rings. The summed E-state index contributed by atoms with van der Waals surface area (Å²) in [6, 6.07) is 3.97. The van der Waals surface area contributed by atoms with Crippen molar-refractivity contribution in [3.8, 4) is 0 Å². The summed E-state index contributed by atoms with van der Waals surface area (Å²) in [5.41, 5.74) is 2.87. The summed E-state index contributed by atoms with van der Waals surface area (Å²) in [4.78, 5) is 18.8. The van der Waals surface area contributed by atoms with Crippen molar-refractivity contribution < 1.29 is 4.79 Å². The molecule has 0 aliphatic carbocycles. The number of rotatable bonds is 2. The number of aryl methyl sites for hydroxylation is 2. The minimum Gasteiger partial charge on any atom is -0.338 e. The number of aromatic amines is 1. The summed E-state index contributed by atoms with van der Waals surface area (Å²) in [5, 5.41) is 6.79. The normalized spacial score (nSPS) is 18.2. The zero-order chi connectivity index (χ0) is 15.0. The fraction of sp³-hybridized carbons (Fsp3) is 0.400. The Morgan fingerprint density at radius 2 is 2.19 bits per heavy atom. The van der Waals surface area contributed by atoms with Crippen molar-refractivity contribution in [1.29, 1.82) is 0 Å². The molecule has 1 fully saturated rings. The third-order valence-electron chi connectivity index (χ3n) is 4.03. The van der Waals surface area contributed by atoms with E-state index in [4.69, 9.17) is 0 Å². The first-order valence-electron chi connectivity index (χ1n) is 6.97. The second kappa shape index (κ2) is 5.60. The molecule has 1 aromatic carbocycles. The predicted octanol–water partition coefficient (Wildman–Crippen LogP) is 2.81. The number of carbonyl (C=O) groups is 1. The Labute approximate surface area is 131 Å². The Morgan fingerprint density at radius 1 is 1.38 bits per heavy atom. The van der Waals surface area contributed by atoms with Gasteiger partial charge in [0.15, 0.2) is 0 Å². The maximum atomic E-state index is 12.7. The summed E-state index contributed by atoms with van der Waals surface area (Å²) >= 11 is 3.50. The van der Waals surface area contributed by atoms with E-state index in [1.165, 1.54) is 6.33 Å². The Balaban J connectivity index is 1.79. The van der Waals surface area contributed by atoms with Gasteiger partial charge in [0, 0.05) is 29.0 Å². The summed E-state index contributed by atoms with van der Waals surface area (Å²) in [5.74, 6) is 1.23. The number of carbonyl (C=O) groups excluding carboxylic acids is 1. The molecule has 1 N–H and O–H groups in total. The van der Waals surface area contributed by atoms with Crippen molar-refractivity contribution in [2.24, 2.45) is 0 Å². The number of halogens is 1. The Morgan fingerprint density at radius 3 is 2.90 bits per heavy atom. The first kappa shape index (κ1) is 14.3. The number of nitrogens with zero attached hydrogens (tertiary/aromatic N) is 3. The first-order chi connectivity index (χ1) is 10.1. The van der Waals surface area contributed by atoms with Crippen LogP contribution in [0.15, 0.2) is 22.9 Å². The molecular weight excluding hydrogens is 332 g/mol. The number of nitrogens with one attached hydrogen (secondary N) is 1. The summed E-state index contributed by atoms with van der Waals surface area (Å²) < 4.78 is 1.04. The minimum atomic E-state index is 0.102. The van der Waals surface area contributed by atoms with Crippen molar-refractivity contribution in [2.75, 3.05) is 13.1 Å². The number of benzene rings is 1. The highest BCUT2D eigenvalue weighted by Gasteiger charge is 2.30. The van der Waals surface area contributed by atoms with Gasteiger partial charge in [-0.3, -0.25) is 9.89 Å². The Kier molecular flexibility index (Phi) is 3.80. The molecule has 1 aromatic heterocycles. The predicted molar refractivity (Wildman–Crippen MR) is 83.3 cm³/mol. The smallest absolute Gasteiger partial charge is 0.254 e. The quantitative estimate of drug-likeness (QED) is 0.907. The van der Waals surface area contributed by atoms with Gasteiger partial charge >= 0.3 is 0 Å². The van der Waals surface area contributed by atoms with Crippen molar-refractivity contribution in [2.45, 2.75) is 26.2 Å². The van der Waals surface area contributed by atoms with Gasteiger partial charge in [-0.2, -0.15) is 5.10 Å². The van der Waals surface area contributed by atoms with Crippen LogP contribution in [-0.4, -0.2) is 39.1 Å². The monoisotopic (exact) mass is 348 g/mol. The number of H-pyrrole nitrogens is 1. The highest BCUT2D eigenvalue weighted by molar-refractivity contribution is 9.10. The number of hydrogen-bond donors (Lipinski definition) is 1. The van der Waals surface area contributed by atoms with Gasteiger partial charge in [0.25, 0.3) is 5.91 Å². The maximum Gasteiger partial charge on any atom is 0.254 e. The van der Waals surface area contributed by atoms with E-state index in [1.54, 1.807) is 0 Å². The number of aromatic nitrogens is 3. The van der Waals surface area contributed by atoms with Gasteiger partial charge in [-0.1, -0.05) is 15.9 Å². The molecule has 3 rings (SSSR count). The summed E-state index contributed by atoms with van der Waals surface area (Å²) in [6.45, 7) is 5.43. The molecule has 0 spiro atoms. The van der Waals surface area contributed by atoms with Crippen LogP contribution < -0.4 is 0 Å². The molecule has 1 unspecified atom stereocenters. The molecule has 1 aliphatic heterocycles. The standard InChI is InChI=1S/C15H17BrN4O/c1-9-6-13(16)10(2)5-12(9)15(21)20-4-3-11(7-20)14-17-8-18-19-14/h5-6,8,11H,3-4,7H2,1-2H3,(H,17,18,19). The molecule has 2 aromatic rings. The maximum absolute atomic E-state index is 12.7. The highest BCUT2D eigenvalue weighted by atomic mass is 79.9. The van der Waals surface area contributed by atoms with Crippen LogP contribution in [-0.2, 0) is 0 Å². The van der Waals surface area contributed by atoms with E-state index < -0.39 is 0 Å². The highest BCUT2D eigenvalue weighted by Crippen LogP contribution is 2.27. The van der Waals surface area contributed by atoms with Crippen molar-refractivity contribution in [3.63, 3.8) is 0 Å². The van der Waals surface area contributed by atoms with Crippen LogP contribution in [0.25, 0.3) is 0 Å². The summed E-state index contributed by atoms with van der Waals surface area (Å²) in [6.07, 6.45) is 2.44. The molecule has 1 saturated heterocycles. The number of hydrogen-bond acceptors (Lipinski definition) is 3. The van der Waals surface area contributed by atoms with Crippen LogP contribution >= 0.6 is 15.9 Å². The third kappa shape index (κ3) is 2.72. The van der Waals surface area contributed by atoms with E-state index in [2.05, 4.69) is 31.1 Å². The Bertz CT molecular complexity index is 669. The largest absolute Gasteiger partial charge is 0.338 e. The van der Waals surface area contributed by atoms with E-state index in [9.17, 15) is 4.79 Å². The lowest BCUT2D eigenvalue weighted by Gasteiger charge is -2.18. The summed E-state index contributed by atoms with van der Waals surface area (Å²) in [7, 11) is 0. The van der Waals surface area contributed by atoms with E-state index in [0.717, 1.165) is 40.0 Å². The second-order valence-electron chi connectivity index (χ2n) is 5.52. The fourth-order valence-corrected chi connectivity index (χ4v) is 3.22. The molecule has 0 radical (unpaired) electrons. The van der Waals surface area contributed by atoms with Crippen molar-refractivity contribution >= 4 is 21.8 Å². The lowest BCUT2D eigenvalue weighted by Crippen LogP contribution is -2.29. The topological polar surface area (TPSA) is 61.9 Å². The zero-order valence-electron chi connectivity index (χ0n) is 12.1. The second-order valence-corrected chi connectivity index (χ2v) is 6.38. The van der Waals surface area contributed by atoms with Gasteiger partial charge in [-0.05, 0) is 43.5 Å². The number of likely N-dealkylation sites (tertiary alicyclic amines) is 1. The van der Waals surface area contributed by atoms with Crippen LogP contribution in [0.1, 0.15) is 39.6 Å². The van der Waals surface area contributed by atoms with Gasteiger partial charge < -0.3 is 4.90 Å². The van der Waals surface area contributed by atoms with Crippen molar-refractivity contribution in [3.05, 3.63) is 45.4 Å². The van der Waals surface area contributed by atoms with Crippen LogP contribution in [0, 0.1) is 13.8 Å². The van der Waals surface area contributed by atoms with Gasteiger partial charge in [0.2, 0.25) is 0 Å². The van der Waals surface area contributed by atoms with E-state index in [1.807, 2.05) is 30.9 Å². The van der Waals surface area contributed by atoms with Crippen LogP contribution in [0.5, 0.6) is 0 Å². The lowest BCUT2D eigenvalue weighted by atomic mass is 10.0. The van der Waals surface area contributed by atoms with Gasteiger partial charge in [-0.15, -0.1) is 0 Å². The van der Waals surface area contributed by atoms with Gasteiger partial charge in [0.1, 0.15) is 12.2 Å². The molecule has 1 atom stereocenters. The molecule has 1 amide bonds. The van der Waals surface area contributed by atoms with E-state index in [-0.39, 0.29) is 11.8 Å². The minimum absolute atomic E-state index is 0.102. The SMILES string of the molecule is Cc1cc(C(=O)N2CCC(c3ncn[nH]3)C2)c(C)cc1Br. The van der Waals surface area contributed by atoms with Crippen LogP contribution in [0.3, 0.4) is 0 Å². The lowest BCUT2D eigenvalue weighted by molar-refractivity contribution is 0.0789. The van der Waals surface area contributed by atoms with Crippen LogP contribution in [0.4, 0.5) is 0 Å². The molecule has 6 heteroatoms. The number of amides is 1. The first-order valence-corrected chi connectivity index (χ1v) is 7.77. The fourth-order valence-electron chi connectivity index (χ4n) is 2.76. The molecule has 0 bridgehead atoms. The van der Waals surface area contributed by atoms with Crippen LogP contribution in [0.2, 0.25) is 0 Å². The zero-order valence-corrected chi connectivity index (χ0v) is 13.6. The van der Waals surface area contributed by atoms with E-state index >= 15 is 0 Å². The third-order valence-corrected chi connectivity index (χ3v) is 4.89. The van der Waals surface area contributed by atoms with Crippen molar-refractivity contribution in [1.82, 2.24) is 20.1 Å². The Hall–Kier alpha value is -1.69. The average Bonchev–Trinajstić information content (AvgIpc) is 3.11. The molecular formula is C15H17BrN4O. The molecule has 0 saturated carbocycles. The average molecular weight is 349 g/mol. The molecule has 2 heterocycles. The van der Waals surface area contributed by atoms with Gasteiger partial charge in [0.05, 0.1) is 0 Å². The molecule has 110 valence electrons. The van der Waals surface area contributed by atoms with E-state index in [0.29, 0.717) is 6.54 Å². The molecule has 5 nitrogen and oxygen atoms in total. The van der Waals surface area contributed by atoms with Gasteiger partial charge in [-0.25, -0.2) is 4.98 Å².